The summed E-state index contributed by atoms with van der Waals surface area (Å²) in [5, 5.41) is 4.35. The van der Waals surface area contributed by atoms with Crippen molar-refractivity contribution in [2.75, 3.05) is 6.26 Å². The molecule has 27 heavy (non-hydrogen) atoms. The molecule has 0 bridgehead atoms. The minimum absolute atomic E-state index is 0.0171. The Balaban J connectivity index is 1.85. The van der Waals surface area contributed by atoms with Crippen LogP contribution in [0, 0.1) is 5.92 Å². The zero-order chi connectivity index (χ0) is 19.4. The molecule has 0 radical (unpaired) electrons. The highest BCUT2D eigenvalue weighted by Gasteiger charge is 2.44. The fourth-order valence-corrected chi connectivity index (χ4v) is 4.99. The van der Waals surface area contributed by atoms with E-state index >= 15 is 0 Å². The number of fused-ring (bicyclic) bond motifs is 3. The minimum Gasteiger partial charge on any atom is -0.236 e. The van der Waals surface area contributed by atoms with E-state index in [0.717, 1.165) is 49.2 Å². The fourth-order valence-electron chi connectivity index (χ4n) is 4.43. The van der Waals surface area contributed by atoms with Crippen molar-refractivity contribution in [2.45, 2.75) is 55.5 Å². The Morgan fingerprint density at radius 3 is 2.52 bits per heavy atom. The highest BCUT2D eigenvalue weighted by atomic mass is 32.2. The van der Waals surface area contributed by atoms with Gasteiger partial charge in [-0.25, -0.2) is 18.1 Å². The van der Waals surface area contributed by atoms with Crippen molar-refractivity contribution in [2.24, 2.45) is 5.92 Å². The molecule has 0 N–H and O–H groups in total. The Morgan fingerprint density at radius 2 is 1.89 bits per heavy atom. The number of hydrogen-bond acceptors (Lipinski definition) is 4. The van der Waals surface area contributed by atoms with Gasteiger partial charge in [0.15, 0.2) is 21.3 Å². The van der Waals surface area contributed by atoms with Crippen LogP contribution in [-0.4, -0.2) is 29.4 Å². The summed E-state index contributed by atoms with van der Waals surface area (Å²) >= 11 is 0. The van der Waals surface area contributed by atoms with E-state index in [1.807, 2.05) is 0 Å². The maximum Gasteiger partial charge on any atom is 0.433 e. The lowest BCUT2D eigenvalue weighted by Gasteiger charge is -2.34. The van der Waals surface area contributed by atoms with Gasteiger partial charge in [-0.15, -0.1) is 0 Å². The van der Waals surface area contributed by atoms with Gasteiger partial charge in [0.1, 0.15) is 0 Å². The molecule has 5 nitrogen and oxygen atoms in total. The van der Waals surface area contributed by atoms with E-state index in [2.05, 4.69) is 10.1 Å². The predicted octanol–water partition coefficient (Wildman–Crippen LogP) is 3.91. The molecule has 146 valence electrons. The quantitative estimate of drug-likeness (QED) is 0.768. The van der Waals surface area contributed by atoms with E-state index < -0.39 is 21.7 Å². The molecule has 1 fully saturated rings. The average Bonchev–Trinajstić information content (AvgIpc) is 3.01. The van der Waals surface area contributed by atoms with Gasteiger partial charge in [0.25, 0.3) is 0 Å². The van der Waals surface area contributed by atoms with Gasteiger partial charge >= 0.3 is 6.18 Å². The van der Waals surface area contributed by atoms with Crippen LogP contribution in [0.1, 0.15) is 55.0 Å². The van der Waals surface area contributed by atoms with Gasteiger partial charge in [0, 0.05) is 23.9 Å². The molecule has 0 spiro atoms. The molecule has 0 aromatic carbocycles. The highest BCUT2D eigenvalue weighted by molar-refractivity contribution is 7.90. The number of alkyl halides is 3. The lowest BCUT2D eigenvalue weighted by molar-refractivity contribution is -0.143. The topological polar surface area (TPSA) is 64.8 Å². The van der Waals surface area contributed by atoms with Crippen LogP contribution in [0.5, 0.6) is 0 Å². The van der Waals surface area contributed by atoms with Crippen molar-refractivity contribution in [3.8, 4) is 5.82 Å². The first-order valence-electron chi connectivity index (χ1n) is 9.01. The minimum atomic E-state index is -4.56. The lowest BCUT2D eigenvalue weighted by Crippen LogP contribution is -2.24. The van der Waals surface area contributed by atoms with E-state index in [1.165, 1.54) is 12.1 Å². The molecular formula is C18H20F3N3O2S. The summed E-state index contributed by atoms with van der Waals surface area (Å²) in [5.41, 5.74) is 0.0491. The predicted molar refractivity (Wildman–Crippen MR) is 92.5 cm³/mol. The third-order valence-corrected chi connectivity index (χ3v) is 6.77. The van der Waals surface area contributed by atoms with E-state index in [9.17, 15) is 21.6 Å². The molecule has 0 amide bonds. The van der Waals surface area contributed by atoms with E-state index in [4.69, 9.17) is 0 Å². The number of aromatic nitrogens is 3. The number of pyridine rings is 1. The SMILES string of the molecule is CS(=O)(=O)c1ccc(-n2nc3c(c2C(F)(F)F)CCC2CCCCC32)nc1. The summed E-state index contributed by atoms with van der Waals surface area (Å²) < 4.78 is 65.6. The second-order valence-electron chi connectivity index (χ2n) is 7.44. The second kappa shape index (κ2) is 6.32. The molecule has 1 saturated carbocycles. The molecule has 4 rings (SSSR count). The average molecular weight is 399 g/mol. The van der Waals surface area contributed by atoms with Crippen molar-refractivity contribution in [3.05, 3.63) is 35.3 Å². The Hall–Kier alpha value is -1.90. The Bertz CT molecular complexity index is 965. The molecule has 2 aromatic rings. The number of nitrogens with zero attached hydrogens (tertiary/aromatic N) is 3. The molecule has 2 aromatic heterocycles. The van der Waals surface area contributed by atoms with Crippen LogP contribution in [0.25, 0.3) is 5.82 Å². The number of halogens is 3. The number of hydrogen-bond donors (Lipinski definition) is 0. The first-order valence-corrected chi connectivity index (χ1v) is 10.9. The normalized spacial score (nSPS) is 23.0. The molecular weight excluding hydrogens is 379 g/mol. The summed E-state index contributed by atoms with van der Waals surface area (Å²) in [5.74, 6) is 0.452. The third kappa shape index (κ3) is 3.26. The van der Waals surface area contributed by atoms with E-state index in [-0.39, 0.29) is 22.2 Å². The maximum atomic E-state index is 13.9. The smallest absolute Gasteiger partial charge is 0.236 e. The largest absolute Gasteiger partial charge is 0.433 e. The third-order valence-electron chi connectivity index (χ3n) is 5.67. The number of sulfone groups is 1. The van der Waals surface area contributed by atoms with Gasteiger partial charge in [-0.2, -0.15) is 18.3 Å². The highest BCUT2D eigenvalue weighted by Crippen LogP contribution is 2.48. The Labute approximate surface area is 155 Å². The summed E-state index contributed by atoms with van der Waals surface area (Å²) in [7, 11) is -3.47. The molecule has 0 aliphatic heterocycles. The van der Waals surface area contributed by atoms with Gasteiger partial charge < -0.3 is 0 Å². The lowest BCUT2D eigenvalue weighted by atomic mass is 9.70. The van der Waals surface area contributed by atoms with Gasteiger partial charge in [0.2, 0.25) is 0 Å². The standard InChI is InChI=1S/C18H20F3N3O2S/c1-27(25,26)12-7-9-15(22-10-12)24-17(18(19,20)21)14-8-6-11-4-2-3-5-13(11)16(14)23-24/h7,9-11,13H,2-6,8H2,1H3. The monoisotopic (exact) mass is 399 g/mol. The molecule has 0 saturated heterocycles. The summed E-state index contributed by atoms with van der Waals surface area (Å²) in [6, 6.07) is 2.55. The van der Waals surface area contributed by atoms with Gasteiger partial charge in [0.05, 0.1) is 10.6 Å². The van der Waals surface area contributed by atoms with Crippen LogP contribution in [0.4, 0.5) is 13.2 Å². The summed E-state index contributed by atoms with van der Waals surface area (Å²) in [6.07, 6.45) is 2.72. The van der Waals surface area contributed by atoms with E-state index in [1.54, 1.807) is 0 Å². The van der Waals surface area contributed by atoms with Crippen molar-refractivity contribution in [1.82, 2.24) is 14.8 Å². The van der Waals surface area contributed by atoms with Crippen molar-refractivity contribution < 1.29 is 21.6 Å². The van der Waals surface area contributed by atoms with Crippen LogP contribution in [0.3, 0.4) is 0 Å². The summed E-state index contributed by atoms with van der Waals surface area (Å²) in [6.45, 7) is 0. The first kappa shape index (κ1) is 18.5. The van der Waals surface area contributed by atoms with Crippen LogP contribution >= 0.6 is 0 Å². The molecule has 2 unspecified atom stereocenters. The van der Waals surface area contributed by atoms with Crippen molar-refractivity contribution >= 4 is 9.84 Å². The molecule has 9 heteroatoms. The van der Waals surface area contributed by atoms with Crippen LogP contribution in [0.15, 0.2) is 23.2 Å². The number of rotatable bonds is 2. The van der Waals surface area contributed by atoms with E-state index in [0.29, 0.717) is 18.0 Å². The van der Waals surface area contributed by atoms with Crippen LogP contribution in [0.2, 0.25) is 0 Å². The second-order valence-corrected chi connectivity index (χ2v) is 9.45. The molecule has 2 aliphatic rings. The Morgan fingerprint density at radius 1 is 1.15 bits per heavy atom. The zero-order valence-electron chi connectivity index (χ0n) is 14.8. The van der Waals surface area contributed by atoms with Gasteiger partial charge in [-0.1, -0.05) is 12.8 Å². The van der Waals surface area contributed by atoms with Crippen molar-refractivity contribution in [3.63, 3.8) is 0 Å². The zero-order valence-corrected chi connectivity index (χ0v) is 15.6. The van der Waals surface area contributed by atoms with Gasteiger partial charge in [-0.05, 0) is 43.7 Å². The Kier molecular flexibility index (Phi) is 4.32. The van der Waals surface area contributed by atoms with Crippen LogP contribution in [-0.2, 0) is 22.4 Å². The maximum absolute atomic E-state index is 13.9. The van der Waals surface area contributed by atoms with Crippen LogP contribution < -0.4 is 0 Å². The first-order chi connectivity index (χ1) is 12.7. The molecule has 2 atom stereocenters. The molecule has 2 aliphatic carbocycles. The summed E-state index contributed by atoms with van der Waals surface area (Å²) in [4.78, 5) is 3.92. The van der Waals surface area contributed by atoms with Crippen molar-refractivity contribution in [1.29, 1.82) is 0 Å². The fraction of sp³-hybridized carbons (Fsp3) is 0.556. The molecule has 2 heterocycles. The van der Waals surface area contributed by atoms with Gasteiger partial charge in [-0.3, -0.25) is 0 Å².